The summed E-state index contributed by atoms with van der Waals surface area (Å²) >= 11 is 0. The molecule has 1 saturated heterocycles. The van der Waals surface area contributed by atoms with Gasteiger partial charge in [-0.1, -0.05) is 13.0 Å². The second-order valence-electron chi connectivity index (χ2n) is 4.83. The SMILES string of the molecule is CC1CCN(c2cccc(C#N)c2)C(C)C1. The average Bonchev–Trinajstić information content (AvgIpc) is 2.29. The Morgan fingerprint density at radius 2 is 2.19 bits per heavy atom. The minimum absolute atomic E-state index is 0.581. The van der Waals surface area contributed by atoms with Gasteiger partial charge in [-0.2, -0.15) is 5.26 Å². The molecule has 1 aliphatic rings. The van der Waals surface area contributed by atoms with Crippen LogP contribution in [0.2, 0.25) is 0 Å². The molecule has 0 radical (unpaired) electrons. The summed E-state index contributed by atoms with van der Waals surface area (Å²) < 4.78 is 0. The molecule has 2 atom stereocenters. The van der Waals surface area contributed by atoms with Gasteiger partial charge in [0, 0.05) is 18.3 Å². The van der Waals surface area contributed by atoms with E-state index in [0.717, 1.165) is 18.0 Å². The summed E-state index contributed by atoms with van der Waals surface area (Å²) in [6.07, 6.45) is 2.50. The van der Waals surface area contributed by atoms with E-state index >= 15 is 0 Å². The van der Waals surface area contributed by atoms with Crippen LogP contribution in [0, 0.1) is 17.2 Å². The smallest absolute Gasteiger partial charge is 0.0992 e. The van der Waals surface area contributed by atoms with E-state index in [1.54, 1.807) is 0 Å². The van der Waals surface area contributed by atoms with Crippen molar-refractivity contribution in [3.63, 3.8) is 0 Å². The number of rotatable bonds is 1. The molecule has 2 rings (SSSR count). The van der Waals surface area contributed by atoms with Gasteiger partial charge >= 0.3 is 0 Å². The predicted octanol–water partition coefficient (Wildman–Crippen LogP) is 3.18. The van der Waals surface area contributed by atoms with E-state index in [9.17, 15) is 0 Å². The lowest BCUT2D eigenvalue weighted by atomic mass is 9.93. The Bertz CT molecular complexity index is 405. The van der Waals surface area contributed by atoms with E-state index in [4.69, 9.17) is 5.26 Å². The zero-order valence-electron chi connectivity index (χ0n) is 9.98. The molecule has 2 nitrogen and oxygen atoms in total. The van der Waals surface area contributed by atoms with Crippen LogP contribution >= 0.6 is 0 Å². The molecule has 0 spiro atoms. The molecule has 0 amide bonds. The summed E-state index contributed by atoms with van der Waals surface area (Å²) in [7, 11) is 0. The third-order valence-corrected chi connectivity index (χ3v) is 3.45. The van der Waals surface area contributed by atoms with Crippen molar-refractivity contribution in [3.05, 3.63) is 29.8 Å². The number of benzene rings is 1. The van der Waals surface area contributed by atoms with Crippen LogP contribution < -0.4 is 4.90 Å². The van der Waals surface area contributed by atoms with E-state index in [-0.39, 0.29) is 0 Å². The van der Waals surface area contributed by atoms with Crippen molar-refractivity contribution in [2.24, 2.45) is 5.92 Å². The third kappa shape index (κ3) is 2.19. The maximum Gasteiger partial charge on any atom is 0.0992 e. The Labute approximate surface area is 97.5 Å². The molecule has 16 heavy (non-hydrogen) atoms. The summed E-state index contributed by atoms with van der Waals surface area (Å²) in [6, 6.07) is 10.7. The van der Waals surface area contributed by atoms with Gasteiger partial charge in [-0.05, 0) is 43.9 Å². The summed E-state index contributed by atoms with van der Waals surface area (Å²) in [5.41, 5.74) is 1.95. The maximum atomic E-state index is 8.90. The van der Waals surface area contributed by atoms with Gasteiger partial charge in [0.25, 0.3) is 0 Å². The second-order valence-corrected chi connectivity index (χ2v) is 4.83. The quantitative estimate of drug-likeness (QED) is 0.718. The number of hydrogen-bond acceptors (Lipinski definition) is 2. The van der Waals surface area contributed by atoms with E-state index < -0.39 is 0 Å². The van der Waals surface area contributed by atoms with Crippen LogP contribution in [0.5, 0.6) is 0 Å². The number of nitriles is 1. The second kappa shape index (κ2) is 4.57. The molecule has 0 N–H and O–H groups in total. The molecule has 0 aromatic heterocycles. The first-order chi connectivity index (χ1) is 7.70. The maximum absolute atomic E-state index is 8.90. The van der Waals surface area contributed by atoms with Gasteiger partial charge < -0.3 is 4.90 Å². The number of hydrogen-bond donors (Lipinski definition) is 0. The van der Waals surface area contributed by atoms with Crippen molar-refractivity contribution in [2.45, 2.75) is 32.7 Å². The molecule has 2 unspecified atom stereocenters. The van der Waals surface area contributed by atoms with Gasteiger partial charge in [0.2, 0.25) is 0 Å². The van der Waals surface area contributed by atoms with Crippen LogP contribution in [0.25, 0.3) is 0 Å². The lowest BCUT2D eigenvalue weighted by Gasteiger charge is -2.38. The zero-order chi connectivity index (χ0) is 11.5. The first-order valence-electron chi connectivity index (χ1n) is 5.97. The summed E-state index contributed by atoms with van der Waals surface area (Å²) in [5, 5.41) is 8.90. The largest absolute Gasteiger partial charge is 0.369 e. The number of anilines is 1. The van der Waals surface area contributed by atoms with Crippen molar-refractivity contribution in [3.8, 4) is 6.07 Å². The minimum atomic E-state index is 0.581. The van der Waals surface area contributed by atoms with Crippen LogP contribution in [0.1, 0.15) is 32.3 Å². The first kappa shape index (κ1) is 11.0. The van der Waals surface area contributed by atoms with Crippen LogP contribution in [0.3, 0.4) is 0 Å². The van der Waals surface area contributed by atoms with Crippen molar-refractivity contribution in [1.29, 1.82) is 5.26 Å². The Morgan fingerprint density at radius 1 is 1.38 bits per heavy atom. The van der Waals surface area contributed by atoms with Gasteiger partial charge in [0.1, 0.15) is 0 Å². The van der Waals surface area contributed by atoms with Gasteiger partial charge in [0.15, 0.2) is 0 Å². The van der Waals surface area contributed by atoms with Crippen molar-refractivity contribution >= 4 is 5.69 Å². The van der Waals surface area contributed by atoms with E-state index in [1.165, 1.54) is 18.5 Å². The third-order valence-electron chi connectivity index (χ3n) is 3.45. The molecule has 1 heterocycles. The van der Waals surface area contributed by atoms with Crippen LogP contribution in [0.4, 0.5) is 5.69 Å². The molecule has 0 saturated carbocycles. The van der Waals surface area contributed by atoms with E-state index in [2.05, 4.69) is 30.9 Å². The highest BCUT2D eigenvalue weighted by molar-refractivity contribution is 5.52. The summed E-state index contributed by atoms with van der Waals surface area (Å²) in [6.45, 7) is 5.70. The monoisotopic (exact) mass is 214 g/mol. The van der Waals surface area contributed by atoms with Crippen LogP contribution in [-0.2, 0) is 0 Å². The zero-order valence-corrected chi connectivity index (χ0v) is 9.98. The average molecular weight is 214 g/mol. The van der Waals surface area contributed by atoms with Crippen molar-refractivity contribution < 1.29 is 0 Å². The topological polar surface area (TPSA) is 27.0 Å². The van der Waals surface area contributed by atoms with Crippen LogP contribution in [0.15, 0.2) is 24.3 Å². The Balaban J connectivity index is 2.20. The number of piperidine rings is 1. The molecule has 1 fully saturated rings. The fraction of sp³-hybridized carbons (Fsp3) is 0.500. The Kier molecular flexibility index (Phi) is 3.14. The van der Waals surface area contributed by atoms with Gasteiger partial charge in [-0.25, -0.2) is 0 Å². The van der Waals surface area contributed by atoms with E-state index in [1.807, 2.05) is 18.2 Å². The van der Waals surface area contributed by atoms with Gasteiger partial charge in [-0.15, -0.1) is 0 Å². The normalized spacial score (nSPS) is 25.2. The highest BCUT2D eigenvalue weighted by Gasteiger charge is 2.22. The number of nitrogens with zero attached hydrogens (tertiary/aromatic N) is 2. The van der Waals surface area contributed by atoms with Crippen molar-refractivity contribution in [1.82, 2.24) is 0 Å². The molecule has 2 heteroatoms. The summed E-state index contributed by atoms with van der Waals surface area (Å²) in [4.78, 5) is 2.42. The van der Waals surface area contributed by atoms with Crippen molar-refractivity contribution in [2.75, 3.05) is 11.4 Å². The van der Waals surface area contributed by atoms with Crippen LogP contribution in [-0.4, -0.2) is 12.6 Å². The Morgan fingerprint density at radius 3 is 2.88 bits per heavy atom. The molecular formula is C14H18N2. The Hall–Kier alpha value is -1.49. The van der Waals surface area contributed by atoms with Gasteiger partial charge in [-0.3, -0.25) is 0 Å². The molecule has 1 aliphatic heterocycles. The molecule has 84 valence electrons. The predicted molar refractivity (Wildman–Crippen MR) is 66.4 cm³/mol. The highest BCUT2D eigenvalue weighted by Crippen LogP contribution is 2.27. The molecule has 0 bridgehead atoms. The fourth-order valence-corrected chi connectivity index (χ4v) is 2.54. The highest BCUT2D eigenvalue weighted by atomic mass is 15.2. The molecule has 1 aromatic rings. The fourth-order valence-electron chi connectivity index (χ4n) is 2.54. The lowest BCUT2D eigenvalue weighted by Crippen LogP contribution is -2.40. The molecule has 1 aromatic carbocycles. The minimum Gasteiger partial charge on any atom is -0.369 e. The van der Waals surface area contributed by atoms with Gasteiger partial charge in [0.05, 0.1) is 11.6 Å². The standard InChI is InChI=1S/C14H18N2/c1-11-6-7-16(12(2)8-11)14-5-3-4-13(9-14)10-15/h3-5,9,11-12H,6-8H2,1-2H3. The molecule has 0 aliphatic carbocycles. The first-order valence-corrected chi connectivity index (χ1v) is 5.97. The lowest BCUT2D eigenvalue weighted by molar-refractivity contribution is 0.378. The summed E-state index contributed by atoms with van der Waals surface area (Å²) in [5.74, 6) is 0.824. The molecular weight excluding hydrogens is 196 g/mol. The van der Waals surface area contributed by atoms with E-state index in [0.29, 0.717) is 6.04 Å².